The maximum absolute atomic E-state index is 9.30. The maximum Gasteiger partial charge on any atom is 0.187 e. The fourth-order valence-electron chi connectivity index (χ4n) is 2.72. The molecule has 96 valence electrons. The number of aryl methyl sites for hydroxylation is 1. The third kappa shape index (κ3) is 2.12. The van der Waals surface area contributed by atoms with Gasteiger partial charge in [0.05, 0.1) is 11.2 Å². The predicted octanol–water partition coefficient (Wildman–Crippen LogP) is 2.80. The largest absolute Gasteiger partial charge is 0.369 e. The highest BCUT2D eigenvalue weighted by molar-refractivity contribution is 5.93. The van der Waals surface area contributed by atoms with Crippen molar-refractivity contribution >= 4 is 16.6 Å². The zero-order valence-corrected chi connectivity index (χ0v) is 11.1. The molecule has 0 bridgehead atoms. The average Bonchev–Trinajstić information content (AvgIpc) is 2.46. The number of rotatable bonds is 1. The van der Waals surface area contributed by atoms with Crippen LogP contribution in [-0.4, -0.2) is 23.3 Å². The molecule has 0 saturated carbocycles. The first-order valence-corrected chi connectivity index (χ1v) is 6.71. The van der Waals surface area contributed by atoms with E-state index in [-0.39, 0.29) is 0 Å². The van der Waals surface area contributed by atoms with Crippen LogP contribution < -0.4 is 4.90 Å². The number of hydrogen-bond acceptors (Lipinski definition) is 4. The summed E-state index contributed by atoms with van der Waals surface area (Å²) in [6.45, 7) is 4.07. The van der Waals surface area contributed by atoms with Gasteiger partial charge in [-0.1, -0.05) is 11.6 Å². The molecule has 0 spiro atoms. The monoisotopic (exact) mass is 252 g/mol. The van der Waals surface area contributed by atoms with Gasteiger partial charge in [-0.25, -0.2) is 0 Å². The van der Waals surface area contributed by atoms with Crippen molar-refractivity contribution in [3.8, 4) is 6.07 Å². The Morgan fingerprint density at radius 2 is 1.95 bits per heavy atom. The highest BCUT2D eigenvalue weighted by atomic mass is 15.2. The van der Waals surface area contributed by atoms with Gasteiger partial charge >= 0.3 is 0 Å². The Labute approximate surface area is 112 Å². The molecular formula is C15H16N4. The quantitative estimate of drug-likeness (QED) is 0.783. The number of nitriles is 1. The first-order chi connectivity index (χ1) is 9.29. The summed E-state index contributed by atoms with van der Waals surface area (Å²) in [6.07, 6.45) is 3.63. The van der Waals surface area contributed by atoms with Crippen LogP contribution in [0.25, 0.3) is 10.9 Å². The first-order valence-electron chi connectivity index (χ1n) is 6.71. The number of piperidine rings is 1. The Bertz CT molecular complexity index is 651. The number of anilines is 1. The van der Waals surface area contributed by atoms with Crippen molar-refractivity contribution in [1.29, 1.82) is 5.26 Å². The van der Waals surface area contributed by atoms with E-state index < -0.39 is 0 Å². The zero-order chi connectivity index (χ0) is 13.2. The van der Waals surface area contributed by atoms with Gasteiger partial charge in [-0.15, -0.1) is 10.2 Å². The first kappa shape index (κ1) is 11.9. The summed E-state index contributed by atoms with van der Waals surface area (Å²) in [4.78, 5) is 2.29. The van der Waals surface area contributed by atoms with Gasteiger partial charge in [-0.2, -0.15) is 5.26 Å². The molecule has 2 aromatic rings. The van der Waals surface area contributed by atoms with Crippen LogP contribution in [0.5, 0.6) is 0 Å². The smallest absolute Gasteiger partial charge is 0.187 e. The lowest BCUT2D eigenvalue weighted by Crippen LogP contribution is -2.30. The summed E-state index contributed by atoms with van der Waals surface area (Å²) in [7, 11) is 0. The van der Waals surface area contributed by atoms with E-state index in [4.69, 9.17) is 0 Å². The van der Waals surface area contributed by atoms with Crippen LogP contribution in [0, 0.1) is 18.3 Å². The van der Waals surface area contributed by atoms with Gasteiger partial charge in [0.1, 0.15) is 6.07 Å². The Balaban J connectivity index is 2.23. The maximum atomic E-state index is 9.30. The van der Waals surface area contributed by atoms with Gasteiger partial charge < -0.3 is 4.90 Å². The second kappa shape index (κ2) is 4.85. The van der Waals surface area contributed by atoms with Gasteiger partial charge in [0.25, 0.3) is 0 Å². The minimum atomic E-state index is 0.444. The van der Waals surface area contributed by atoms with Crippen LogP contribution in [0.4, 0.5) is 5.69 Å². The molecule has 4 heteroatoms. The van der Waals surface area contributed by atoms with Crippen molar-refractivity contribution in [2.75, 3.05) is 18.0 Å². The van der Waals surface area contributed by atoms with Crippen molar-refractivity contribution in [2.24, 2.45) is 0 Å². The molecule has 3 rings (SSSR count). The van der Waals surface area contributed by atoms with E-state index in [0.29, 0.717) is 5.69 Å². The summed E-state index contributed by atoms with van der Waals surface area (Å²) < 4.78 is 0. The van der Waals surface area contributed by atoms with E-state index in [1.165, 1.54) is 24.8 Å². The highest BCUT2D eigenvalue weighted by Gasteiger charge is 2.19. The van der Waals surface area contributed by atoms with Crippen LogP contribution in [-0.2, 0) is 0 Å². The third-order valence-corrected chi connectivity index (χ3v) is 3.67. The van der Waals surface area contributed by atoms with Gasteiger partial charge in [-0.05, 0) is 38.3 Å². The number of benzene rings is 1. The van der Waals surface area contributed by atoms with Crippen LogP contribution in [0.15, 0.2) is 18.2 Å². The van der Waals surface area contributed by atoms with E-state index in [0.717, 1.165) is 29.7 Å². The fraction of sp³-hybridized carbons (Fsp3) is 0.400. The average molecular weight is 252 g/mol. The second-order valence-electron chi connectivity index (χ2n) is 5.08. The minimum Gasteiger partial charge on any atom is -0.369 e. The Morgan fingerprint density at radius 3 is 2.68 bits per heavy atom. The van der Waals surface area contributed by atoms with E-state index >= 15 is 0 Å². The van der Waals surface area contributed by atoms with E-state index in [1.807, 2.05) is 12.1 Å². The summed E-state index contributed by atoms with van der Waals surface area (Å²) >= 11 is 0. The van der Waals surface area contributed by atoms with Crippen LogP contribution in [0.2, 0.25) is 0 Å². The summed E-state index contributed by atoms with van der Waals surface area (Å²) in [6, 6.07) is 8.30. The normalized spacial score (nSPS) is 15.5. The fourth-order valence-corrected chi connectivity index (χ4v) is 2.72. The molecule has 1 aliphatic rings. The standard InChI is InChI=1S/C15H16N4/c1-11-5-6-13-12(9-11)15(14(10-16)18-17-13)19-7-3-2-4-8-19/h5-6,9H,2-4,7-8H2,1H3. The molecule has 1 aromatic heterocycles. The molecule has 1 aliphatic heterocycles. The Hall–Kier alpha value is -2.15. The second-order valence-corrected chi connectivity index (χ2v) is 5.08. The van der Waals surface area contributed by atoms with Crippen molar-refractivity contribution in [3.05, 3.63) is 29.5 Å². The predicted molar refractivity (Wildman–Crippen MR) is 75.1 cm³/mol. The molecule has 2 heterocycles. The van der Waals surface area contributed by atoms with Crippen LogP contribution in [0.3, 0.4) is 0 Å². The molecule has 1 saturated heterocycles. The van der Waals surface area contributed by atoms with Gasteiger partial charge in [0.2, 0.25) is 0 Å². The third-order valence-electron chi connectivity index (χ3n) is 3.67. The molecule has 0 unspecified atom stereocenters. The van der Waals surface area contributed by atoms with Gasteiger partial charge in [0.15, 0.2) is 5.69 Å². The van der Waals surface area contributed by atoms with E-state index in [1.54, 1.807) is 0 Å². The SMILES string of the molecule is Cc1ccc2nnc(C#N)c(N3CCCCC3)c2c1. The number of aromatic nitrogens is 2. The zero-order valence-electron chi connectivity index (χ0n) is 11.1. The van der Waals surface area contributed by atoms with Gasteiger partial charge in [0, 0.05) is 18.5 Å². The van der Waals surface area contributed by atoms with Crippen LogP contribution in [0.1, 0.15) is 30.5 Å². The van der Waals surface area contributed by atoms with E-state index in [9.17, 15) is 5.26 Å². The highest BCUT2D eigenvalue weighted by Crippen LogP contribution is 2.30. The Morgan fingerprint density at radius 1 is 1.16 bits per heavy atom. The van der Waals surface area contributed by atoms with Crippen molar-refractivity contribution in [3.63, 3.8) is 0 Å². The van der Waals surface area contributed by atoms with E-state index in [2.05, 4.69) is 34.2 Å². The lowest BCUT2D eigenvalue weighted by molar-refractivity contribution is 0.577. The molecular weight excluding hydrogens is 236 g/mol. The lowest BCUT2D eigenvalue weighted by Gasteiger charge is -2.29. The van der Waals surface area contributed by atoms with Gasteiger partial charge in [-0.3, -0.25) is 0 Å². The summed E-state index contributed by atoms with van der Waals surface area (Å²) in [5, 5.41) is 18.6. The number of fused-ring (bicyclic) bond motifs is 1. The molecule has 0 radical (unpaired) electrons. The molecule has 1 aromatic carbocycles. The summed E-state index contributed by atoms with van der Waals surface area (Å²) in [5.41, 5.74) is 3.46. The molecule has 4 nitrogen and oxygen atoms in total. The molecule has 19 heavy (non-hydrogen) atoms. The number of hydrogen-bond donors (Lipinski definition) is 0. The molecule has 0 N–H and O–H groups in total. The molecule has 0 atom stereocenters. The number of nitrogens with zero attached hydrogens (tertiary/aromatic N) is 4. The van der Waals surface area contributed by atoms with Crippen molar-refractivity contribution in [1.82, 2.24) is 10.2 Å². The molecule has 0 amide bonds. The molecule has 1 fully saturated rings. The topological polar surface area (TPSA) is 52.8 Å². The Kier molecular flexibility index (Phi) is 3.04. The van der Waals surface area contributed by atoms with Crippen molar-refractivity contribution < 1.29 is 0 Å². The lowest BCUT2D eigenvalue weighted by atomic mass is 10.1. The minimum absolute atomic E-state index is 0.444. The van der Waals surface area contributed by atoms with Crippen molar-refractivity contribution in [2.45, 2.75) is 26.2 Å². The molecule has 0 aliphatic carbocycles. The summed E-state index contributed by atoms with van der Waals surface area (Å²) in [5.74, 6) is 0. The van der Waals surface area contributed by atoms with Crippen LogP contribution >= 0.6 is 0 Å².